The number of nitrogens with one attached hydrogen (secondary N) is 1. The first-order chi connectivity index (χ1) is 18.6. The number of hydrogen-bond acceptors (Lipinski definition) is 5. The van der Waals surface area contributed by atoms with Gasteiger partial charge in [0.1, 0.15) is 11.8 Å². The van der Waals surface area contributed by atoms with Gasteiger partial charge >= 0.3 is 0 Å². The molecule has 0 radical (unpaired) electrons. The van der Waals surface area contributed by atoms with Crippen molar-refractivity contribution in [2.24, 2.45) is 0 Å². The average molecular weight is 558 g/mol. The van der Waals surface area contributed by atoms with Crippen LogP contribution in [0.1, 0.15) is 69.9 Å². The summed E-state index contributed by atoms with van der Waals surface area (Å²) in [5.41, 5.74) is 2.59. The van der Waals surface area contributed by atoms with Crippen LogP contribution in [0, 0.1) is 0 Å². The molecule has 8 nitrogen and oxygen atoms in total. The number of amides is 2. The molecule has 1 atom stereocenters. The minimum absolute atomic E-state index is 0.121. The minimum atomic E-state index is -3.52. The van der Waals surface area contributed by atoms with E-state index in [0.29, 0.717) is 17.9 Å². The number of aryl methyl sites for hydroxylation is 1. The van der Waals surface area contributed by atoms with E-state index in [0.717, 1.165) is 43.2 Å². The van der Waals surface area contributed by atoms with Gasteiger partial charge in [0, 0.05) is 25.6 Å². The standard InChI is InChI=1S/C30H43N3O5S/c1-5-24-13-17-27(18-14-24)33(39(4,36)37)21-9-12-29(34)32(22-25-15-19-28(38-3)20-16-25)23(2)30(35)31-26-10-7-6-8-11-26/h13-20,23,26H,5-12,21-22H2,1-4H3,(H,31,35)/t23-/m0/s1. The Morgan fingerprint density at radius 3 is 2.18 bits per heavy atom. The lowest BCUT2D eigenvalue weighted by Gasteiger charge is -2.31. The van der Waals surface area contributed by atoms with E-state index in [1.165, 1.54) is 17.0 Å². The third kappa shape index (κ3) is 8.98. The van der Waals surface area contributed by atoms with Crippen molar-refractivity contribution in [3.63, 3.8) is 0 Å². The Kier molecular flexibility index (Phi) is 11.2. The molecule has 2 amide bonds. The number of hydrogen-bond donors (Lipinski definition) is 1. The Bertz CT molecular complexity index is 1180. The highest BCUT2D eigenvalue weighted by molar-refractivity contribution is 7.92. The van der Waals surface area contributed by atoms with Crippen LogP contribution >= 0.6 is 0 Å². The van der Waals surface area contributed by atoms with Gasteiger partial charge in [-0.25, -0.2) is 8.42 Å². The van der Waals surface area contributed by atoms with Gasteiger partial charge in [0.15, 0.2) is 0 Å². The first-order valence-electron chi connectivity index (χ1n) is 13.9. The first-order valence-corrected chi connectivity index (χ1v) is 15.8. The summed E-state index contributed by atoms with van der Waals surface area (Å²) in [6, 6.07) is 14.4. The molecule has 0 saturated heterocycles. The van der Waals surface area contributed by atoms with Crippen molar-refractivity contribution in [2.75, 3.05) is 24.2 Å². The van der Waals surface area contributed by atoms with E-state index in [9.17, 15) is 18.0 Å². The molecule has 1 aliphatic carbocycles. The predicted octanol–water partition coefficient (Wildman–Crippen LogP) is 4.67. The molecule has 1 saturated carbocycles. The zero-order valence-corrected chi connectivity index (χ0v) is 24.5. The summed E-state index contributed by atoms with van der Waals surface area (Å²) in [5.74, 6) is 0.372. The molecule has 1 aliphatic rings. The van der Waals surface area contributed by atoms with Crippen molar-refractivity contribution in [3.8, 4) is 5.75 Å². The molecule has 3 rings (SSSR count). The van der Waals surface area contributed by atoms with Gasteiger partial charge in [-0.15, -0.1) is 0 Å². The second kappa shape index (κ2) is 14.4. The molecule has 0 aliphatic heterocycles. The van der Waals surface area contributed by atoms with Crippen molar-refractivity contribution >= 4 is 27.5 Å². The van der Waals surface area contributed by atoms with Gasteiger partial charge in [0.05, 0.1) is 19.1 Å². The van der Waals surface area contributed by atoms with Crippen molar-refractivity contribution in [1.29, 1.82) is 0 Å². The highest BCUT2D eigenvalue weighted by atomic mass is 32.2. The van der Waals surface area contributed by atoms with Gasteiger partial charge in [-0.05, 0) is 68.0 Å². The lowest BCUT2D eigenvalue weighted by molar-refractivity contribution is -0.141. The second-order valence-corrected chi connectivity index (χ2v) is 12.3. The molecule has 39 heavy (non-hydrogen) atoms. The molecule has 0 heterocycles. The lowest BCUT2D eigenvalue weighted by Crippen LogP contribution is -2.50. The molecule has 1 N–H and O–H groups in total. The van der Waals surface area contributed by atoms with Crippen molar-refractivity contribution in [3.05, 3.63) is 59.7 Å². The number of methoxy groups -OCH3 is 1. The van der Waals surface area contributed by atoms with Crippen LogP contribution in [-0.4, -0.2) is 57.1 Å². The smallest absolute Gasteiger partial charge is 0.242 e. The van der Waals surface area contributed by atoms with E-state index < -0.39 is 16.1 Å². The van der Waals surface area contributed by atoms with Gasteiger partial charge in [0.2, 0.25) is 21.8 Å². The molecule has 0 aromatic heterocycles. The first kappa shape index (κ1) is 30.5. The second-order valence-electron chi connectivity index (χ2n) is 10.3. The Balaban J connectivity index is 1.71. The van der Waals surface area contributed by atoms with E-state index in [2.05, 4.69) is 5.32 Å². The summed E-state index contributed by atoms with van der Waals surface area (Å²) < 4.78 is 31.7. The van der Waals surface area contributed by atoms with Crippen molar-refractivity contribution in [2.45, 2.75) is 83.8 Å². The minimum Gasteiger partial charge on any atom is -0.497 e. The van der Waals surface area contributed by atoms with Crippen molar-refractivity contribution < 1.29 is 22.7 Å². The van der Waals surface area contributed by atoms with E-state index >= 15 is 0 Å². The molecule has 1 fully saturated rings. The van der Waals surface area contributed by atoms with Gasteiger partial charge in [-0.3, -0.25) is 13.9 Å². The van der Waals surface area contributed by atoms with E-state index in [4.69, 9.17) is 4.74 Å². The summed E-state index contributed by atoms with van der Waals surface area (Å²) in [5, 5.41) is 3.14. The van der Waals surface area contributed by atoms with Crippen LogP contribution in [0.25, 0.3) is 0 Å². The third-order valence-corrected chi connectivity index (χ3v) is 8.61. The van der Waals surface area contributed by atoms with Crippen LogP contribution in [0.4, 0.5) is 5.69 Å². The van der Waals surface area contributed by atoms with E-state index in [1.807, 2.05) is 43.3 Å². The topological polar surface area (TPSA) is 96.0 Å². The molecule has 0 unspecified atom stereocenters. The van der Waals surface area contributed by atoms with Crippen LogP contribution in [0.5, 0.6) is 5.75 Å². The Morgan fingerprint density at radius 2 is 1.62 bits per heavy atom. The highest BCUT2D eigenvalue weighted by Gasteiger charge is 2.28. The summed E-state index contributed by atoms with van der Waals surface area (Å²) in [4.78, 5) is 28.3. The maximum Gasteiger partial charge on any atom is 0.242 e. The fourth-order valence-electron chi connectivity index (χ4n) is 4.98. The van der Waals surface area contributed by atoms with E-state index in [-0.39, 0.29) is 37.4 Å². The fraction of sp³-hybridized carbons (Fsp3) is 0.533. The third-order valence-electron chi connectivity index (χ3n) is 7.42. The Labute approximate surface area is 233 Å². The average Bonchev–Trinajstić information content (AvgIpc) is 2.94. The van der Waals surface area contributed by atoms with Crippen LogP contribution in [0.15, 0.2) is 48.5 Å². The maximum absolute atomic E-state index is 13.5. The van der Waals surface area contributed by atoms with Gasteiger partial charge in [-0.2, -0.15) is 0 Å². The van der Waals surface area contributed by atoms with Crippen molar-refractivity contribution in [1.82, 2.24) is 10.2 Å². The zero-order chi connectivity index (χ0) is 28.4. The molecule has 2 aromatic rings. The maximum atomic E-state index is 13.5. The molecular formula is C30H43N3O5S. The summed E-state index contributed by atoms with van der Waals surface area (Å²) in [6.45, 7) is 4.26. The van der Waals surface area contributed by atoms with Crippen LogP contribution in [-0.2, 0) is 32.6 Å². The number of nitrogens with zero attached hydrogens (tertiary/aromatic N) is 2. The monoisotopic (exact) mass is 557 g/mol. The van der Waals surface area contributed by atoms with Gasteiger partial charge < -0.3 is 15.0 Å². The largest absolute Gasteiger partial charge is 0.497 e. The van der Waals surface area contributed by atoms with Gasteiger partial charge in [-0.1, -0.05) is 50.5 Å². The number of ether oxygens (including phenoxy) is 1. The van der Waals surface area contributed by atoms with Crippen LogP contribution in [0.3, 0.4) is 0 Å². The molecular weight excluding hydrogens is 514 g/mol. The van der Waals surface area contributed by atoms with E-state index in [1.54, 1.807) is 31.1 Å². The molecule has 0 spiro atoms. The number of sulfonamides is 1. The summed E-state index contributed by atoms with van der Waals surface area (Å²) in [6.07, 6.45) is 7.82. The number of anilines is 1. The van der Waals surface area contributed by atoms with Crippen LogP contribution in [0.2, 0.25) is 0 Å². The predicted molar refractivity (Wildman–Crippen MR) is 155 cm³/mol. The zero-order valence-electron chi connectivity index (χ0n) is 23.7. The highest BCUT2D eigenvalue weighted by Crippen LogP contribution is 2.22. The number of carbonyl (C=O) groups is 2. The lowest BCUT2D eigenvalue weighted by atomic mass is 9.95. The summed E-state index contributed by atoms with van der Waals surface area (Å²) >= 11 is 0. The molecule has 214 valence electrons. The number of rotatable bonds is 13. The molecule has 2 aromatic carbocycles. The fourth-order valence-corrected chi connectivity index (χ4v) is 5.95. The Hall–Kier alpha value is -3.07. The SMILES string of the molecule is CCc1ccc(N(CCCC(=O)N(Cc2ccc(OC)cc2)[C@@H](C)C(=O)NC2CCCCC2)S(C)(=O)=O)cc1. The number of benzene rings is 2. The summed E-state index contributed by atoms with van der Waals surface area (Å²) in [7, 11) is -1.93. The molecule has 9 heteroatoms. The number of carbonyl (C=O) groups excluding carboxylic acids is 2. The molecule has 0 bridgehead atoms. The Morgan fingerprint density at radius 1 is 1.00 bits per heavy atom. The normalized spacial score (nSPS) is 14.9. The quantitative estimate of drug-likeness (QED) is 0.386. The van der Waals surface area contributed by atoms with Gasteiger partial charge in [0.25, 0.3) is 0 Å². The van der Waals surface area contributed by atoms with Crippen LogP contribution < -0.4 is 14.4 Å².